The standard InChI is InChI=1S/C9H10N2/c10-5-7-4-8-2-1-3-9(8)11-6-7/h4,11H,1-3,6H2. The van der Waals surface area contributed by atoms with Crippen LogP contribution < -0.4 is 5.32 Å². The van der Waals surface area contributed by atoms with Crippen LogP contribution in [0.25, 0.3) is 0 Å². The lowest BCUT2D eigenvalue weighted by Gasteiger charge is -2.13. The van der Waals surface area contributed by atoms with Crippen LogP contribution in [-0.2, 0) is 0 Å². The van der Waals surface area contributed by atoms with Crippen LogP contribution in [0.4, 0.5) is 0 Å². The number of dihydropyridines is 1. The normalized spacial score (nSPS) is 21.9. The Labute approximate surface area is 66.2 Å². The van der Waals surface area contributed by atoms with E-state index < -0.39 is 0 Å². The summed E-state index contributed by atoms with van der Waals surface area (Å²) in [5.41, 5.74) is 3.59. The molecule has 1 heterocycles. The maximum absolute atomic E-state index is 8.63. The van der Waals surface area contributed by atoms with Gasteiger partial charge in [-0.25, -0.2) is 0 Å². The van der Waals surface area contributed by atoms with Gasteiger partial charge in [0.25, 0.3) is 0 Å². The lowest BCUT2D eigenvalue weighted by Crippen LogP contribution is -2.19. The molecule has 2 heteroatoms. The molecule has 56 valence electrons. The van der Waals surface area contributed by atoms with E-state index in [9.17, 15) is 0 Å². The van der Waals surface area contributed by atoms with Crippen molar-refractivity contribution in [2.75, 3.05) is 6.54 Å². The molecule has 1 aliphatic heterocycles. The predicted molar refractivity (Wildman–Crippen MR) is 42.6 cm³/mol. The van der Waals surface area contributed by atoms with Crippen molar-refractivity contribution in [1.29, 1.82) is 5.26 Å². The van der Waals surface area contributed by atoms with Crippen LogP contribution in [-0.4, -0.2) is 6.54 Å². The van der Waals surface area contributed by atoms with Crippen molar-refractivity contribution in [1.82, 2.24) is 5.32 Å². The van der Waals surface area contributed by atoms with Crippen LogP contribution in [0.1, 0.15) is 19.3 Å². The highest BCUT2D eigenvalue weighted by molar-refractivity contribution is 5.41. The molecule has 0 bridgehead atoms. The number of rotatable bonds is 0. The van der Waals surface area contributed by atoms with E-state index in [-0.39, 0.29) is 0 Å². The zero-order valence-corrected chi connectivity index (χ0v) is 6.35. The zero-order chi connectivity index (χ0) is 7.68. The molecule has 0 aromatic carbocycles. The number of nitrogens with one attached hydrogen (secondary N) is 1. The highest BCUT2D eigenvalue weighted by atomic mass is 14.9. The molecule has 0 unspecified atom stereocenters. The number of nitriles is 1. The van der Waals surface area contributed by atoms with Crippen LogP contribution in [0.5, 0.6) is 0 Å². The third-order valence-corrected chi connectivity index (χ3v) is 2.24. The van der Waals surface area contributed by atoms with Gasteiger partial charge in [0.1, 0.15) is 0 Å². The summed E-state index contributed by atoms with van der Waals surface area (Å²) in [7, 11) is 0. The minimum atomic E-state index is 0.731. The van der Waals surface area contributed by atoms with Gasteiger partial charge in [0.2, 0.25) is 0 Å². The van der Waals surface area contributed by atoms with Gasteiger partial charge in [-0.3, -0.25) is 0 Å². The van der Waals surface area contributed by atoms with Crippen molar-refractivity contribution in [3.05, 3.63) is 22.9 Å². The SMILES string of the molecule is N#CC1=CC2=C(CCC2)NC1. The number of hydrogen-bond acceptors (Lipinski definition) is 2. The van der Waals surface area contributed by atoms with Crippen LogP contribution in [0, 0.1) is 11.3 Å². The average molecular weight is 146 g/mol. The maximum atomic E-state index is 8.63. The monoisotopic (exact) mass is 146 g/mol. The Morgan fingerprint density at radius 3 is 3.18 bits per heavy atom. The van der Waals surface area contributed by atoms with Crippen molar-refractivity contribution >= 4 is 0 Å². The highest BCUT2D eigenvalue weighted by Gasteiger charge is 2.16. The summed E-state index contributed by atoms with van der Waals surface area (Å²) >= 11 is 0. The molecule has 0 radical (unpaired) electrons. The van der Waals surface area contributed by atoms with Gasteiger partial charge in [0.15, 0.2) is 0 Å². The van der Waals surface area contributed by atoms with Gasteiger partial charge >= 0.3 is 0 Å². The van der Waals surface area contributed by atoms with Gasteiger partial charge in [-0.05, 0) is 30.9 Å². The number of nitrogens with zero attached hydrogens (tertiary/aromatic N) is 1. The fraction of sp³-hybridized carbons (Fsp3) is 0.444. The predicted octanol–water partition coefficient (Wildman–Crippen LogP) is 1.48. The molecular formula is C9H10N2. The Kier molecular flexibility index (Phi) is 1.43. The Bertz CT molecular complexity index is 278. The molecule has 0 fully saturated rings. The molecule has 1 aliphatic carbocycles. The van der Waals surface area contributed by atoms with Crippen LogP contribution >= 0.6 is 0 Å². The van der Waals surface area contributed by atoms with E-state index in [0.717, 1.165) is 18.5 Å². The molecule has 0 amide bonds. The first-order chi connectivity index (χ1) is 5.40. The second-order valence-electron chi connectivity index (χ2n) is 2.99. The average Bonchev–Trinajstić information content (AvgIpc) is 2.50. The summed E-state index contributed by atoms with van der Waals surface area (Å²) < 4.78 is 0. The molecule has 11 heavy (non-hydrogen) atoms. The van der Waals surface area contributed by atoms with Gasteiger partial charge in [-0.2, -0.15) is 5.26 Å². The zero-order valence-electron chi connectivity index (χ0n) is 6.35. The molecule has 0 aromatic rings. The van der Waals surface area contributed by atoms with Crippen molar-refractivity contribution < 1.29 is 0 Å². The fourth-order valence-corrected chi connectivity index (χ4v) is 1.66. The van der Waals surface area contributed by atoms with Gasteiger partial charge < -0.3 is 5.32 Å². The minimum absolute atomic E-state index is 0.731. The highest BCUT2D eigenvalue weighted by Crippen LogP contribution is 2.28. The van der Waals surface area contributed by atoms with E-state index in [1.165, 1.54) is 24.1 Å². The van der Waals surface area contributed by atoms with E-state index in [1.807, 2.05) is 6.08 Å². The van der Waals surface area contributed by atoms with E-state index >= 15 is 0 Å². The number of allylic oxidation sites excluding steroid dienone is 3. The lowest BCUT2D eigenvalue weighted by atomic mass is 10.1. The molecule has 0 saturated carbocycles. The third kappa shape index (κ3) is 1.03. The van der Waals surface area contributed by atoms with Gasteiger partial charge in [0, 0.05) is 17.8 Å². The quantitative estimate of drug-likeness (QED) is 0.561. The topological polar surface area (TPSA) is 35.8 Å². The smallest absolute Gasteiger partial charge is 0.0966 e. The molecule has 2 aliphatic rings. The Hall–Kier alpha value is -1.23. The van der Waals surface area contributed by atoms with Crippen LogP contribution in [0.3, 0.4) is 0 Å². The molecular weight excluding hydrogens is 136 g/mol. The van der Waals surface area contributed by atoms with Crippen LogP contribution in [0.15, 0.2) is 22.9 Å². The summed E-state index contributed by atoms with van der Waals surface area (Å²) in [5, 5.41) is 11.9. The molecule has 1 N–H and O–H groups in total. The molecule has 0 aromatic heterocycles. The Morgan fingerprint density at radius 1 is 1.45 bits per heavy atom. The van der Waals surface area contributed by atoms with E-state index in [1.54, 1.807) is 0 Å². The third-order valence-electron chi connectivity index (χ3n) is 2.24. The van der Waals surface area contributed by atoms with Crippen LogP contribution in [0.2, 0.25) is 0 Å². The first-order valence-electron chi connectivity index (χ1n) is 3.97. The molecule has 0 spiro atoms. The van der Waals surface area contributed by atoms with E-state index in [0.29, 0.717) is 0 Å². The number of hydrogen-bond donors (Lipinski definition) is 1. The molecule has 0 atom stereocenters. The maximum Gasteiger partial charge on any atom is 0.0966 e. The van der Waals surface area contributed by atoms with Crippen molar-refractivity contribution in [3.63, 3.8) is 0 Å². The summed E-state index contributed by atoms with van der Waals surface area (Å²) in [5.74, 6) is 0. The van der Waals surface area contributed by atoms with Gasteiger partial charge in [-0.1, -0.05) is 0 Å². The second kappa shape index (κ2) is 2.43. The van der Waals surface area contributed by atoms with E-state index in [2.05, 4.69) is 11.4 Å². The Balaban J connectivity index is 2.29. The van der Waals surface area contributed by atoms with E-state index in [4.69, 9.17) is 5.26 Å². The first kappa shape index (κ1) is 6.48. The largest absolute Gasteiger partial charge is 0.383 e. The first-order valence-corrected chi connectivity index (χ1v) is 3.97. The van der Waals surface area contributed by atoms with Gasteiger partial charge in [0.05, 0.1) is 6.07 Å². The molecule has 0 saturated heterocycles. The van der Waals surface area contributed by atoms with Crippen molar-refractivity contribution in [2.45, 2.75) is 19.3 Å². The summed E-state index contributed by atoms with van der Waals surface area (Å²) in [6.07, 6.45) is 5.60. The minimum Gasteiger partial charge on any atom is -0.383 e. The van der Waals surface area contributed by atoms with Gasteiger partial charge in [-0.15, -0.1) is 0 Å². The summed E-state index contributed by atoms with van der Waals surface area (Å²) in [6, 6.07) is 2.18. The summed E-state index contributed by atoms with van der Waals surface area (Å²) in [4.78, 5) is 0. The second-order valence-corrected chi connectivity index (χ2v) is 2.99. The Morgan fingerprint density at radius 2 is 2.36 bits per heavy atom. The van der Waals surface area contributed by atoms with Crippen molar-refractivity contribution in [2.24, 2.45) is 0 Å². The fourth-order valence-electron chi connectivity index (χ4n) is 1.66. The van der Waals surface area contributed by atoms with Crippen molar-refractivity contribution in [3.8, 4) is 6.07 Å². The molecule has 2 nitrogen and oxygen atoms in total. The lowest BCUT2D eigenvalue weighted by molar-refractivity contribution is 0.804. The molecule has 2 rings (SSSR count). The summed E-state index contributed by atoms with van der Waals surface area (Å²) in [6.45, 7) is 0.731.